The maximum atomic E-state index is 5.53. The van der Waals surface area contributed by atoms with Gasteiger partial charge in [-0.3, -0.25) is 0 Å². The predicted molar refractivity (Wildman–Crippen MR) is 65.4 cm³/mol. The molecule has 0 atom stereocenters. The van der Waals surface area contributed by atoms with E-state index in [4.69, 9.17) is 9.47 Å². The van der Waals surface area contributed by atoms with Crippen LogP contribution in [-0.4, -0.2) is 20.3 Å². The first kappa shape index (κ1) is 11.1. The minimum Gasteiger partial charge on any atom is -0.493 e. The lowest BCUT2D eigenvalue weighted by Crippen LogP contribution is -2.04. The fraction of sp³-hybridized carbons (Fsp3) is 0.538. The van der Waals surface area contributed by atoms with Crippen LogP contribution in [0.15, 0.2) is 18.2 Å². The molecule has 1 saturated carbocycles. The summed E-state index contributed by atoms with van der Waals surface area (Å²) in [7, 11) is 1.66. The van der Waals surface area contributed by atoms with E-state index in [-0.39, 0.29) is 0 Å². The van der Waals surface area contributed by atoms with Gasteiger partial charge in [0.15, 0.2) is 11.5 Å². The zero-order valence-corrected chi connectivity index (χ0v) is 9.95. The number of benzene rings is 1. The van der Waals surface area contributed by atoms with E-state index in [1.807, 2.05) is 25.1 Å². The van der Waals surface area contributed by atoms with E-state index < -0.39 is 0 Å². The van der Waals surface area contributed by atoms with Gasteiger partial charge < -0.3 is 14.8 Å². The largest absolute Gasteiger partial charge is 0.493 e. The Morgan fingerprint density at radius 2 is 2.12 bits per heavy atom. The first-order valence-electron chi connectivity index (χ1n) is 5.88. The van der Waals surface area contributed by atoms with Crippen LogP contribution in [0.5, 0.6) is 11.5 Å². The highest BCUT2D eigenvalue weighted by molar-refractivity contribution is 5.54. The fourth-order valence-corrected chi connectivity index (χ4v) is 1.64. The quantitative estimate of drug-likeness (QED) is 0.801. The van der Waals surface area contributed by atoms with Gasteiger partial charge in [-0.05, 0) is 37.8 Å². The Bertz CT molecular complexity index is 348. The molecule has 3 heteroatoms. The molecule has 0 amide bonds. The molecule has 0 spiro atoms. The summed E-state index contributed by atoms with van der Waals surface area (Å²) in [6, 6.07) is 5.98. The summed E-state index contributed by atoms with van der Waals surface area (Å²) in [6.07, 6.45) is 2.73. The molecule has 16 heavy (non-hydrogen) atoms. The number of methoxy groups -OCH3 is 1. The van der Waals surface area contributed by atoms with Gasteiger partial charge in [0.1, 0.15) is 0 Å². The van der Waals surface area contributed by atoms with E-state index in [0.717, 1.165) is 29.6 Å². The molecule has 0 saturated heterocycles. The fourth-order valence-electron chi connectivity index (χ4n) is 1.64. The topological polar surface area (TPSA) is 30.5 Å². The lowest BCUT2D eigenvalue weighted by Gasteiger charge is -2.12. The van der Waals surface area contributed by atoms with Crippen molar-refractivity contribution in [3.8, 4) is 11.5 Å². The van der Waals surface area contributed by atoms with Crippen molar-refractivity contribution < 1.29 is 9.47 Å². The summed E-state index contributed by atoms with van der Waals surface area (Å²) in [6.45, 7) is 3.70. The van der Waals surface area contributed by atoms with Gasteiger partial charge in [0, 0.05) is 18.3 Å². The molecule has 1 aromatic carbocycles. The number of ether oxygens (including phenoxy) is 2. The van der Waals surface area contributed by atoms with Gasteiger partial charge in [0.25, 0.3) is 0 Å². The van der Waals surface area contributed by atoms with Crippen molar-refractivity contribution in [2.45, 2.75) is 19.8 Å². The smallest absolute Gasteiger partial charge is 0.163 e. The van der Waals surface area contributed by atoms with E-state index in [0.29, 0.717) is 6.61 Å². The van der Waals surface area contributed by atoms with Crippen molar-refractivity contribution in [2.24, 2.45) is 5.92 Å². The Morgan fingerprint density at radius 1 is 1.31 bits per heavy atom. The van der Waals surface area contributed by atoms with Crippen LogP contribution in [0.3, 0.4) is 0 Å². The summed E-state index contributed by atoms with van der Waals surface area (Å²) in [4.78, 5) is 0. The number of anilines is 1. The maximum Gasteiger partial charge on any atom is 0.163 e. The van der Waals surface area contributed by atoms with Gasteiger partial charge in [-0.2, -0.15) is 0 Å². The van der Waals surface area contributed by atoms with E-state index in [1.165, 1.54) is 12.8 Å². The molecule has 0 bridgehead atoms. The molecule has 0 aliphatic heterocycles. The molecular formula is C13H19NO2. The van der Waals surface area contributed by atoms with E-state index in [1.54, 1.807) is 7.11 Å². The third-order valence-electron chi connectivity index (χ3n) is 2.76. The summed E-state index contributed by atoms with van der Waals surface area (Å²) in [5.74, 6) is 2.47. The molecule has 0 radical (unpaired) electrons. The minimum absolute atomic E-state index is 0.655. The van der Waals surface area contributed by atoms with Gasteiger partial charge in [-0.25, -0.2) is 0 Å². The first-order valence-corrected chi connectivity index (χ1v) is 5.88. The van der Waals surface area contributed by atoms with Crippen LogP contribution in [0.1, 0.15) is 19.8 Å². The van der Waals surface area contributed by atoms with Crippen molar-refractivity contribution >= 4 is 5.69 Å². The van der Waals surface area contributed by atoms with Crippen LogP contribution < -0.4 is 14.8 Å². The second-order valence-electron chi connectivity index (χ2n) is 4.12. The highest BCUT2D eigenvalue weighted by Crippen LogP contribution is 2.32. The number of rotatable bonds is 6. The summed E-state index contributed by atoms with van der Waals surface area (Å²) >= 11 is 0. The summed E-state index contributed by atoms with van der Waals surface area (Å²) in [5.41, 5.74) is 1.11. The van der Waals surface area contributed by atoms with Crippen molar-refractivity contribution in [2.75, 3.05) is 25.6 Å². The second-order valence-corrected chi connectivity index (χ2v) is 4.12. The SMILES string of the molecule is CCOc1cc(NCC2CC2)ccc1OC. The average Bonchev–Trinajstić information content (AvgIpc) is 3.11. The summed E-state index contributed by atoms with van der Waals surface area (Å²) in [5, 5.41) is 3.42. The predicted octanol–water partition coefficient (Wildman–Crippen LogP) is 2.92. The molecule has 3 nitrogen and oxygen atoms in total. The number of nitrogens with one attached hydrogen (secondary N) is 1. The normalized spacial score (nSPS) is 14.6. The van der Waals surface area contributed by atoms with Gasteiger partial charge in [0.2, 0.25) is 0 Å². The molecular weight excluding hydrogens is 202 g/mol. The summed E-state index contributed by atoms with van der Waals surface area (Å²) < 4.78 is 10.8. The zero-order chi connectivity index (χ0) is 11.4. The lowest BCUT2D eigenvalue weighted by atomic mass is 10.2. The third-order valence-corrected chi connectivity index (χ3v) is 2.76. The Balaban J connectivity index is 2.03. The molecule has 0 heterocycles. The van der Waals surface area contributed by atoms with Crippen LogP contribution in [0.25, 0.3) is 0 Å². The molecule has 1 aliphatic rings. The Labute approximate surface area is 96.8 Å². The Hall–Kier alpha value is -1.38. The van der Waals surface area contributed by atoms with E-state index in [9.17, 15) is 0 Å². The molecule has 1 aliphatic carbocycles. The van der Waals surface area contributed by atoms with Crippen molar-refractivity contribution in [3.05, 3.63) is 18.2 Å². The van der Waals surface area contributed by atoms with Crippen LogP contribution >= 0.6 is 0 Å². The molecule has 2 rings (SSSR count). The van der Waals surface area contributed by atoms with E-state index in [2.05, 4.69) is 5.32 Å². The van der Waals surface area contributed by atoms with Gasteiger partial charge in [-0.15, -0.1) is 0 Å². The highest BCUT2D eigenvalue weighted by Gasteiger charge is 2.20. The number of hydrogen-bond donors (Lipinski definition) is 1. The molecule has 88 valence electrons. The number of hydrogen-bond acceptors (Lipinski definition) is 3. The molecule has 1 aromatic rings. The first-order chi connectivity index (χ1) is 7.83. The van der Waals surface area contributed by atoms with Crippen LogP contribution in [0, 0.1) is 5.92 Å². The van der Waals surface area contributed by atoms with Crippen LogP contribution in [0.4, 0.5) is 5.69 Å². The maximum absolute atomic E-state index is 5.53. The van der Waals surface area contributed by atoms with Crippen LogP contribution in [0.2, 0.25) is 0 Å². The van der Waals surface area contributed by atoms with Gasteiger partial charge >= 0.3 is 0 Å². The third kappa shape index (κ3) is 2.81. The highest BCUT2D eigenvalue weighted by atomic mass is 16.5. The van der Waals surface area contributed by atoms with Crippen molar-refractivity contribution in [1.29, 1.82) is 0 Å². The Morgan fingerprint density at radius 3 is 2.75 bits per heavy atom. The van der Waals surface area contributed by atoms with Crippen LogP contribution in [-0.2, 0) is 0 Å². The van der Waals surface area contributed by atoms with Gasteiger partial charge in [0.05, 0.1) is 13.7 Å². The molecule has 0 unspecified atom stereocenters. The van der Waals surface area contributed by atoms with Gasteiger partial charge in [-0.1, -0.05) is 0 Å². The van der Waals surface area contributed by atoms with Crippen molar-refractivity contribution in [3.63, 3.8) is 0 Å². The second kappa shape index (κ2) is 5.10. The van der Waals surface area contributed by atoms with Crippen molar-refractivity contribution in [1.82, 2.24) is 0 Å². The Kier molecular flexibility index (Phi) is 3.54. The van der Waals surface area contributed by atoms with E-state index >= 15 is 0 Å². The monoisotopic (exact) mass is 221 g/mol. The average molecular weight is 221 g/mol. The molecule has 1 N–H and O–H groups in total. The lowest BCUT2D eigenvalue weighted by molar-refractivity contribution is 0.311. The molecule has 1 fully saturated rings. The zero-order valence-electron chi connectivity index (χ0n) is 9.95. The standard InChI is InChI=1S/C13H19NO2/c1-3-16-13-8-11(6-7-12(13)15-2)14-9-10-4-5-10/h6-8,10,14H,3-5,9H2,1-2H3. The minimum atomic E-state index is 0.655. The molecule has 0 aromatic heterocycles.